The van der Waals surface area contributed by atoms with E-state index >= 15 is 0 Å². The number of rotatable bonds is 60. The molecule has 6 N–H and O–H groups in total. The third-order valence-electron chi connectivity index (χ3n) is 16.5. The molecule has 81 heavy (non-hydrogen) atoms. The van der Waals surface area contributed by atoms with Crippen LogP contribution in [0.2, 0.25) is 0 Å². The van der Waals surface area contributed by atoms with E-state index in [2.05, 4.69) is 50.4 Å². The third-order valence-corrected chi connectivity index (χ3v) is 16.5. The topological polar surface area (TPSA) is 175 Å². The van der Waals surface area contributed by atoms with Gasteiger partial charge in [-0.2, -0.15) is 0 Å². The van der Waals surface area contributed by atoms with Gasteiger partial charge in [-0.25, -0.2) is 0 Å². The number of hydrogen-bond acceptors (Lipinski definition) is 10. The molecule has 11 heteroatoms. The molecular formula is C70H131NO10. The summed E-state index contributed by atoms with van der Waals surface area (Å²) in [5.41, 5.74) is 0. The number of ether oxygens (including phenoxy) is 3. The quantitative estimate of drug-likeness (QED) is 0.0195. The second-order valence-corrected chi connectivity index (χ2v) is 24.3. The fourth-order valence-electron chi connectivity index (χ4n) is 11.0. The van der Waals surface area contributed by atoms with Crippen LogP contribution in [-0.2, 0) is 23.8 Å². The Morgan fingerprint density at radius 2 is 0.852 bits per heavy atom. The van der Waals surface area contributed by atoms with Crippen LogP contribution in [0.15, 0.2) is 36.5 Å². The van der Waals surface area contributed by atoms with Gasteiger partial charge in [0.05, 0.1) is 25.4 Å². The summed E-state index contributed by atoms with van der Waals surface area (Å²) in [6, 6.07) is -1.02. The fourth-order valence-corrected chi connectivity index (χ4v) is 11.0. The van der Waals surface area contributed by atoms with Crippen molar-refractivity contribution in [2.45, 2.75) is 384 Å². The fraction of sp³-hybridized carbons (Fsp3) is 0.886. The van der Waals surface area contributed by atoms with Crippen LogP contribution in [0.4, 0.5) is 0 Å². The maximum Gasteiger partial charge on any atom is 0.306 e. The van der Waals surface area contributed by atoms with Gasteiger partial charge in [0.25, 0.3) is 0 Å². The van der Waals surface area contributed by atoms with E-state index in [0.29, 0.717) is 19.3 Å². The first-order valence-electron chi connectivity index (χ1n) is 34.8. The second-order valence-electron chi connectivity index (χ2n) is 24.3. The minimum absolute atomic E-state index is 0.121. The summed E-state index contributed by atoms with van der Waals surface area (Å²) in [5.74, 6) is -1.18. The molecule has 1 heterocycles. The SMILES string of the molecule is CCCCC/C=C\C/C=C\CCCCCCCCCCCC(=O)OC1C(OCC(NC(=O)C(O)CCCCCCCCCCCCCCCCCCCCCC)C(O)/C=C/CCCCCCCCCCCCC)OC(CO)C(O)C1O. The van der Waals surface area contributed by atoms with Crippen molar-refractivity contribution in [1.29, 1.82) is 0 Å². The van der Waals surface area contributed by atoms with Crippen LogP contribution in [0, 0.1) is 0 Å². The first-order valence-corrected chi connectivity index (χ1v) is 34.8. The van der Waals surface area contributed by atoms with E-state index in [1.807, 2.05) is 6.08 Å². The number of nitrogens with one attached hydrogen (secondary N) is 1. The van der Waals surface area contributed by atoms with Gasteiger partial charge < -0.3 is 45.1 Å². The highest BCUT2D eigenvalue weighted by Gasteiger charge is 2.47. The highest BCUT2D eigenvalue weighted by atomic mass is 16.7. The lowest BCUT2D eigenvalue weighted by Crippen LogP contribution is -2.61. The van der Waals surface area contributed by atoms with E-state index in [9.17, 15) is 35.1 Å². The molecule has 0 aliphatic carbocycles. The molecule has 0 spiro atoms. The Labute approximate surface area is 498 Å². The number of carbonyl (C=O) groups is 2. The Morgan fingerprint density at radius 3 is 1.28 bits per heavy atom. The van der Waals surface area contributed by atoms with Crippen molar-refractivity contribution >= 4 is 11.9 Å². The van der Waals surface area contributed by atoms with Gasteiger partial charge in [-0.1, -0.05) is 308 Å². The Kier molecular flexibility index (Phi) is 55.3. The van der Waals surface area contributed by atoms with E-state index in [0.717, 1.165) is 70.6 Å². The van der Waals surface area contributed by atoms with Crippen LogP contribution in [0.25, 0.3) is 0 Å². The molecule has 8 unspecified atom stereocenters. The lowest BCUT2D eigenvalue weighted by atomic mass is 9.99. The summed E-state index contributed by atoms with van der Waals surface area (Å²) >= 11 is 0. The van der Waals surface area contributed by atoms with Crippen molar-refractivity contribution in [2.75, 3.05) is 13.2 Å². The summed E-state index contributed by atoms with van der Waals surface area (Å²) < 4.78 is 17.7. The van der Waals surface area contributed by atoms with E-state index in [1.54, 1.807) is 6.08 Å². The monoisotopic (exact) mass is 1150 g/mol. The van der Waals surface area contributed by atoms with Gasteiger partial charge in [-0.05, 0) is 57.8 Å². The normalized spacial score (nSPS) is 18.8. The predicted octanol–water partition coefficient (Wildman–Crippen LogP) is 17.4. The molecule has 8 atom stereocenters. The number of allylic oxidation sites excluding steroid dienone is 5. The molecule has 0 aromatic heterocycles. The van der Waals surface area contributed by atoms with E-state index in [-0.39, 0.29) is 13.0 Å². The molecule has 0 aromatic carbocycles. The average Bonchev–Trinajstić information content (AvgIpc) is 3.47. The van der Waals surface area contributed by atoms with Crippen molar-refractivity contribution in [1.82, 2.24) is 5.32 Å². The van der Waals surface area contributed by atoms with Crippen LogP contribution in [0.5, 0.6) is 0 Å². The molecule has 1 fully saturated rings. The van der Waals surface area contributed by atoms with Gasteiger partial charge >= 0.3 is 5.97 Å². The summed E-state index contributed by atoms with van der Waals surface area (Å²) in [6.07, 6.45) is 60.3. The maximum atomic E-state index is 13.5. The van der Waals surface area contributed by atoms with Crippen molar-refractivity contribution in [3.8, 4) is 0 Å². The van der Waals surface area contributed by atoms with Gasteiger partial charge in [0, 0.05) is 6.42 Å². The highest BCUT2D eigenvalue weighted by molar-refractivity contribution is 5.80. The van der Waals surface area contributed by atoms with Crippen LogP contribution in [0.3, 0.4) is 0 Å². The number of aliphatic hydroxyl groups excluding tert-OH is 5. The molecule has 1 amide bonds. The standard InChI is InChI=1S/C70H131NO10/c1-4-7-10-13-16-19-22-25-27-29-31-33-34-36-39-42-45-48-51-54-57-63(74)69(78)71-61(62(73)56-53-50-47-44-41-38-24-21-18-15-12-9-6-3)60-79-70-68(67(77)66(76)64(59-72)80-70)81-65(75)58-55-52-49-46-43-40-37-35-32-30-28-26-23-20-17-14-11-8-5-2/h17,20,26,28,53,56,61-64,66-68,70,72-74,76-77H,4-16,18-19,21-25,27,29-52,54-55,57-60H2,1-3H3,(H,71,78)/b20-17-,28-26-,56-53+. The molecule has 1 aliphatic rings. The lowest BCUT2D eigenvalue weighted by Gasteiger charge is -2.41. The van der Waals surface area contributed by atoms with Crippen molar-refractivity contribution < 1.29 is 49.3 Å². The summed E-state index contributed by atoms with van der Waals surface area (Å²) in [6.45, 7) is 5.82. The van der Waals surface area contributed by atoms with Crippen LogP contribution >= 0.6 is 0 Å². The molecular weight excluding hydrogens is 1010 g/mol. The molecule has 1 aliphatic heterocycles. The van der Waals surface area contributed by atoms with E-state index in [1.165, 1.54) is 218 Å². The first-order chi connectivity index (χ1) is 39.7. The zero-order chi connectivity index (χ0) is 58.9. The first kappa shape index (κ1) is 76.9. The second kappa shape index (κ2) is 58.3. The number of amides is 1. The molecule has 1 rings (SSSR count). The summed E-state index contributed by atoms with van der Waals surface area (Å²) in [7, 11) is 0. The highest BCUT2D eigenvalue weighted by Crippen LogP contribution is 2.26. The van der Waals surface area contributed by atoms with Gasteiger partial charge in [-0.3, -0.25) is 9.59 Å². The largest absolute Gasteiger partial charge is 0.454 e. The smallest absolute Gasteiger partial charge is 0.306 e. The zero-order valence-corrected chi connectivity index (χ0v) is 52.9. The Morgan fingerprint density at radius 1 is 0.481 bits per heavy atom. The van der Waals surface area contributed by atoms with Crippen molar-refractivity contribution in [3.05, 3.63) is 36.5 Å². The molecule has 0 bridgehead atoms. The Bertz CT molecular complexity index is 1460. The minimum atomic E-state index is -1.61. The van der Waals surface area contributed by atoms with Gasteiger partial charge in [0.1, 0.15) is 24.4 Å². The summed E-state index contributed by atoms with van der Waals surface area (Å²) in [4.78, 5) is 26.7. The number of hydrogen-bond donors (Lipinski definition) is 6. The molecule has 0 saturated carbocycles. The van der Waals surface area contributed by atoms with Gasteiger partial charge in [-0.15, -0.1) is 0 Å². The number of unbranched alkanes of at least 4 members (excludes halogenated alkanes) is 42. The van der Waals surface area contributed by atoms with Crippen LogP contribution in [0.1, 0.15) is 335 Å². The predicted molar refractivity (Wildman–Crippen MR) is 338 cm³/mol. The van der Waals surface area contributed by atoms with Crippen LogP contribution in [-0.4, -0.2) is 99.6 Å². The molecule has 0 radical (unpaired) electrons. The Balaban J connectivity index is 2.61. The molecule has 11 nitrogen and oxygen atoms in total. The maximum absolute atomic E-state index is 13.5. The molecule has 0 aromatic rings. The van der Waals surface area contributed by atoms with Gasteiger partial charge in [0.2, 0.25) is 5.91 Å². The lowest BCUT2D eigenvalue weighted by molar-refractivity contribution is -0.305. The van der Waals surface area contributed by atoms with Crippen molar-refractivity contribution in [3.63, 3.8) is 0 Å². The minimum Gasteiger partial charge on any atom is -0.454 e. The average molecular weight is 1150 g/mol. The van der Waals surface area contributed by atoms with Crippen LogP contribution < -0.4 is 5.32 Å². The molecule has 476 valence electrons. The number of esters is 1. The summed E-state index contributed by atoms with van der Waals surface area (Å²) in [5, 5.41) is 57.2. The van der Waals surface area contributed by atoms with E-state index < -0.39 is 67.4 Å². The molecule has 1 saturated heterocycles. The van der Waals surface area contributed by atoms with Gasteiger partial charge in [0.15, 0.2) is 12.4 Å². The van der Waals surface area contributed by atoms with Crippen molar-refractivity contribution in [2.24, 2.45) is 0 Å². The number of carbonyl (C=O) groups excluding carboxylic acids is 2. The van der Waals surface area contributed by atoms with E-state index in [4.69, 9.17) is 14.2 Å². The zero-order valence-electron chi connectivity index (χ0n) is 52.9. The Hall–Kier alpha value is -2.12. The number of aliphatic hydroxyl groups is 5. The third kappa shape index (κ3) is 45.9.